The number of phenolic OH excluding ortho intramolecular Hbond substituents is 1. The predicted octanol–water partition coefficient (Wildman–Crippen LogP) is 5.65. The molecule has 4 aromatic rings. The van der Waals surface area contributed by atoms with Gasteiger partial charge in [-0.25, -0.2) is 9.48 Å². The molecule has 0 saturated carbocycles. The van der Waals surface area contributed by atoms with E-state index in [1.54, 1.807) is 49.4 Å². The van der Waals surface area contributed by atoms with Gasteiger partial charge in [0.25, 0.3) is 5.56 Å². The van der Waals surface area contributed by atoms with E-state index in [1.807, 2.05) is 32.0 Å². The topological polar surface area (TPSA) is 129 Å². The number of nitrogens with one attached hydrogen (secondary N) is 1. The van der Waals surface area contributed by atoms with Gasteiger partial charge in [0.15, 0.2) is 17.5 Å². The highest BCUT2D eigenvalue weighted by Gasteiger charge is 2.19. The van der Waals surface area contributed by atoms with Crippen LogP contribution in [0.5, 0.6) is 5.75 Å². The van der Waals surface area contributed by atoms with Crippen LogP contribution in [0.25, 0.3) is 16.8 Å². The number of aromatic amines is 1. The highest BCUT2D eigenvalue weighted by Crippen LogP contribution is 2.38. The Kier molecular flexibility index (Phi) is 6.84. The Morgan fingerprint density at radius 2 is 1.72 bits per heavy atom. The zero-order valence-corrected chi connectivity index (χ0v) is 20.3. The molecule has 184 valence electrons. The smallest absolute Gasteiger partial charge is 0.337 e. The van der Waals surface area contributed by atoms with Gasteiger partial charge < -0.3 is 14.9 Å². The fourth-order valence-corrected chi connectivity index (χ4v) is 3.87. The Morgan fingerprint density at radius 3 is 2.36 bits per heavy atom. The SMILES string of the molecule is COC(C(=O)O)c1ccc(-c2cccc(N=Nc3c(C)[nH]n(-c4ccc(C)c(C)c4)c3=O)c2O)cc1. The van der Waals surface area contributed by atoms with Gasteiger partial charge >= 0.3 is 5.97 Å². The second-order valence-electron chi connectivity index (χ2n) is 8.44. The van der Waals surface area contributed by atoms with Crippen molar-refractivity contribution < 1.29 is 19.7 Å². The largest absolute Gasteiger partial charge is 0.505 e. The first kappa shape index (κ1) is 24.6. The molecule has 0 bridgehead atoms. The summed E-state index contributed by atoms with van der Waals surface area (Å²) in [5.74, 6) is -1.20. The van der Waals surface area contributed by atoms with E-state index in [4.69, 9.17) is 4.74 Å². The number of rotatable bonds is 7. The van der Waals surface area contributed by atoms with Crippen LogP contribution in [0.4, 0.5) is 11.4 Å². The van der Waals surface area contributed by atoms with Gasteiger partial charge in [-0.1, -0.05) is 42.5 Å². The van der Waals surface area contributed by atoms with Crippen molar-refractivity contribution in [2.45, 2.75) is 26.9 Å². The summed E-state index contributed by atoms with van der Waals surface area (Å²) in [5.41, 5.74) is 5.02. The van der Waals surface area contributed by atoms with Crippen molar-refractivity contribution in [2.24, 2.45) is 10.2 Å². The summed E-state index contributed by atoms with van der Waals surface area (Å²) < 4.78 is 6.43. The number of aliphatic carboxylic acids is 1. The molecule has 0 aliphatic carbocycles. The van der Waals surface area contributed by atoms with Gasteiger partial charge in [0.05, 0.1) is 11.4 Å². The Morgan fingerprint density at radius 1 is 1.00 bits per heavy atom. The average molecular weight is 487 g/mol. The van der Waals surface area contributed by atoms with E-state index >= 15 is 0 Å². The summed E-state index contributed by atoms with van der Waals surface area (Å²) in [7, 11) is 1.33. The van der Waals surface area contributed by atoms with Crippen molar-refractivity contribution >= 4 is 17.3 Å². The number of carboxylic acids is 1. The van der Waals surface area contributed by atoms with E-state index in [-0.39, 0.29) is 22.7 Å². The van der Waals surface area contributed by atoms with Crippen LogP contribution in [-0.4, -0.2) is 33.1 Å². The van der Waals surface area contributed by atoms with Gasteiger partial charge in [-0.15, -0.1) is 10.2 Å². The molecule has 1 aromatic heterocycles. The molecule has 0 saturated heterocycles. The first-order chi connectivity index (χ1) is 17.2. The molecule has 3 aromatic carbocycles. The number of aromatic hydroxyl groups is 1. The van der Waals surface area contributed by atoms with Crippen molar-refractivity contribution in [3.63, 3.8) is 0 Å². The van der Waals surface area contributed by atoms with Gasteiger partial charge in [-0.3, -0.25) is 9.89 Å². The van der Waals surface area contributed by atoms with Crippen LogP contribution < -0.4 is 5.56 Å². The first-order valence-corrected chi connectivity index (χ1v) is 11.2. The van der Waals surface area contributed by atoms with Crippen molar-refractivity contribution in [1.29, 1.82) is 0 Å². The molecule has 0 spiro atoms. The fourth-order valence-electron chi connectivity index (χ4n) is 3.87. The van der Waals surface area contributed by atoms with E-state index in [1.165, 1.54) is 11.8 Å². The van der Waals surface area contributed by atoms with Crippen molar-refractivity contribution in [2.75, 3.05) is 7.11 Å². The summed E-state index contributed by atoms with van der Waals surface area (Å²) >= 11 is 0. The summed E-state index contributed by atoms with van der Waals surface area (Å²) in [6.07, 6.45) is -1.08. The van der Waals surface area contributed by atoms with Crippen LogP contribution in [0.1, 0.15) is 28.5 Å². The first-order valence-electron chi connectivity index (χ1n) is 11.2. The van der Waals surface area contributed by atoms with E-state index in [0.717, 1.165) is 11.1 Å². The Hall–Kier alpha value is -4.50. The molecule has 1 atom stereocenters. The zero-order valence-electron chi connectivity index (χ0n) is 20.3. The van der Waals surface area contributed by atoms with Crippen LogP contribution in [0.2, 0.25) is 0 Å². The summed E-state index contributed by atoms with van der Waals surface area (Å²) in [6.45, 7) is 5.71. The molecule has 4 rings (SSSR count). The summed E-state index contributed by atoms with van der Waals surface area (Å²) in [5, 5.41) is 31.4. The Balaban J connectivity index is 1.65. The van der Waals surface area contributed by atoms with E-state index in [2.05, 4.69) is 15.3 Å². The Labute approximate surface area is 207 Å². The van der Waals surface area contributed by atoms with Crippen LogP contribution >= 0.6 is 0 Å². The van der Waals surface area contributed by atoms with Gasteiger partial charge in [0, 0.05) is 12.7 Å². The maximum absolute atomic E-state index is 13.0. The number of carbonyl (C=O) groups is 1. The van der Waals surface area contributed by atoms with Crippen LogP contribution in [0.3, 0.4) is 0 Å². The standard InChI is InChI=1S/C27H26N4O5/c1-15-8-13-20(14-16(15)2)31-26(33)23(17(3)30-31)29-28-22-7-5-6-21(24(22)32)18-9-11-19(12-10-18)25(36-4)27(34)35/h5-14,25,30,32H,1-4H3,(H,34,35). The fraction of sp³-hybridized carbons (Fsp3) is 0.185. The molecule has 0 fully saturated rings. The van der Waals surface area contributed by atoms with E-state index in [9.17, 15) is 19.8 Å². The molecular formula is C27H26N4O5. The van der Waals surface area contributed by atoms with Gasteiger partial charge in [0.1, 0.15) is 5.69 Å². The number of ether oxygens (including phenoxy) is 1. The van der Waals surface area contributed by atoms with Gasteiger partial charge in [-0.05, 0) is 61.2 Å². The number of aryl methyl sites for hydroxylation is 3. The minimum atomic E-state index is -1.09. The second-order valence-corrected chi connectivity index (χ2v) is 8.44. The molecule has 0 aliphatic heterocycles. The summed E-state index contributed by atoms with van der Waals surface area (Å²) in [4.78, 5) is 24.3. The minimum Gasteiger partial charge on any atom is -0.505 e. The lowest BCUT2D eigenvalue weighted by atomic mass is 10.0. The lowest BCUT2D eigenvalue weighted by molar-refractivity contribution is -0.148. The molecule has 1 unspecified atom stereocenters. The van der Waals surface area contributed by atoms with Crippen molar-refractivity contribution in [3.8, 4) is 22.6 Å². The predicted molar refractivity (Wildman–Crippen MR) is 136 cm³/mol. The highest BCUT2D eigenvalue weighted by atomic mass is 16.5. The number of carboxylic acid groups (broad SMARTS) is 1. The molecule has 9 heteroatoms. The number of para-hydroxylation sites is 1. The second kappa shape index (κ2) is 10.0. The monoisotopic (exact) mass is 486 g/mol. The normalized spacial score (nSPS) is 12.2. The lowest BCUT2D eigenvalue weighted by Gasteiger charge is -2.12. The van der Waals surface area contributed by atoms with E-state index in [0.29, 0.717) is 28.1 Å². The van der Waals surface area contributed by atoms with Crippen LogP contribution in [0.15, 0.2) is 75.7 Å². The number of H-pyrrole nitrogens is 1. The molecular weight excluding hydrogens is 460 g/mol. The third-order valence-corrected chi connectivity index (χ3v) is 6.05. The number of hydrogen-bond donors (Lipinski definition) is 3. The van der Waals surface area contributed by atoms with Crippen molar-refractivity contribution in [3.05, 3.63) is 93.4 Å². The Bertz CT molecular complexity index is 1520. The molecule has 0 aliphatic rings. The number of hydrogen-bond acceptors (Lipinski definition) is 6. The van der Waals surface area contributed by atoms with Gasteiger partial charge in [-0.2, -0.15) is 0 Å². The molecule has 0 radical (unpaired) electrons. The van der Waals surface area contributed by atoms with Crippen LogP contribution in [-0.2, 0) is 9.53 Å². The molecule has 0 amide bonds. The van der Waals surface area contributed by atoms with E-state index < -0.39 is 12.1 Å². The number of nitrogens with zero attached hydrogens (tertiary/aromatic N) is 3. The average Bonchev–Trinajstić information content (AvgIpc) is 3.14. The highest BCUT2D eigenvalue weighted by molar-refractivity contribution is 5.78. The number of aromatic nitrogens is 2. The number of phenols is 1. The molecule has 1 heterocycles. The third-order valence-electron chi connectivity index (χ3n) is 6.05. The number of benzene rings is 3. The zero-order chi connectivity index (χ0) is 26.0. The van der Waals surface area contributed by atoms with Gasteiger partial charge in [0.2, 0.25) is 0 Å². The molecule has 9 nitrogen and oxygen atoms in total. The number of methoxy groups -OCH3 is 1. The maximum atomic E-state index is 13.0. The third kappa shape index (κ3) is 4.69. The summed E-state index contributed by atoms with van der Waals surface area (Å²) in [6, 6.07) is 17.4. The lowest BCUT2D eigenvalue weighted by Crippen LogP contribution is -2.14. The quantitative estimate of drug-likeness (QED) is 0.291. The molecule has 3 N–H and O–H groups in total. The van der Waals surface area contributed by atoms with Crippen LogP contribution in [0, 0.1) is 20.8 Å². The maximum Gasteiger partial charge on any atom is 0.337 e. The minimum absolute atomic E-state index is 0.113. The number of azo groups is 1. The molecule has 36 heavy (non-hydrogen) atoms. The van der Waals surface area contributed by atoms with Crippen molar-refractivity contribution in [1.82, 2.24) is 9.78 Å².